The van der Waals surface area contributed by atoms with Crippen molar-refractivity contribution in [3.05, 3.63) is 83.4 Å². The summed E-state index contributed by atoms with van der Waals surface area (Å²) in [6, 6.07) is 20.1. The topological polar surface area (TPSA) is 63.6 Å². The van der Waals surface area contributed by atoms with Crippen molar-refractivity contribution < 1.29 is 19.4 Å². The van der Waals surface area contributed by atoms with Crippen LogP contribution < -0.4 is 0 Å². The van der Waals surface area contributed by atoms with E-state index in [1.54, 1.807) is 0 Å². The number of fused-ring (bicyclic) bond motifs is 7. The Balaban J connectivity index is 1.23. The Bertz CT molecular complexity index is 1540. The van der Waals surface area contributed by atoms with Crippen LogP contribution >= 0.6 is 0 Å². The van der Waals surface area contributed by atoms with E-state index in [0.29, 0.717) is 18.1 Å². The molecule has 0 unspecified atom stereocenters. The molecule has 0 saturated heterocycles. The average Bonchev–Trinajstić information content (AvgIpc) is 3.04. The Morgan fingerprint density at radius 3 is 2.00 bits per heavy atom. The maximum absolute atomic E-state index is 14.7. The molecule has 9 atom stereocenters. The van der Waals surface area contributed by atoms with Crippen LogP contribution in [0.2, 0.25) is 0 Å². The molecule has 5 aliphatic carbocycles. The van der Waals surface area contributed by atoms with Crippen LogP contribution in [0.15, 0.2) is 72.3 Å². The zero-order valence-electron chi connectivity index (χ0n) is 29.8. The summed E-state index contributed by atoms with van der Waals surface area (Å²) in [6.45, 7) is 16.3. The number of hydrogen-bond donors (Lipinski definition) is 1. The first-order chi connectivity index (χ1) is 22.1. The SMILES string of the molecule is CC1(C)[C@@H](O)CC[C@]2(C)[C@H]3C(=O)C=C4[C@H]5C[C@@](C)(C(=O)OC(c6ccccc6)c6ccccc6)CC[C@]5(C)CC[C@@]4(C)[C@]3(C)CC[C@@H]12. The molecule has 5 aliphatic rings. The summed E-state index contributed by atoms with van der Waals surface area (Å²) in [5.74, 6) is 0.606. The van der Waals surface area contributed by atoms with E-state index in [9.17, 15) is 14.7 Å². The van der Waals surface area contributed by atoms with Crippen LogP contribution in [-0.4, -0.2) is 23.0 Å². The van der Waals surface area contributed by atoms with E-state index < -0.39 is 11.5 Å². The van der Waals surface area contributed by atoms with Crippen LogP contribution in [0.1, 0.15) is 123 Å². The first-order valence-electron chi connectivity index (χ1n) is 18.3. The molecule has 2 aromatic carbocycles. The number of aliphatic hydroxyl groups is 1. The molecule has 47 heavy (non-hydrogen) atoms. The molecular weight excluding hydrogens is 580 g/mol. The van der Waals surface area contributed by atoms with Crippen molar-refractivity contribution in [3.63, 3.8) is 0 Å². The highest BCUT2D eigenvalue weighted by Crippen LogP contribution is 2.75. The van der Waals surface area contributed by atoms with Crippen molar-refractivity contribution >= 4 is 11.8 Å². The number of rotatable bonds is 4. The number of ether oxygens (including phenoxy) is 1. The lowest BCUT2D eigenvalue weighted by molar-refractivity contribution is -0.202. The maximum atomic E-state index is 14.7. The van der Waals surface area contributed by atoms with Gasteiger partial charge in [0.15, 0.2) is 11.9 Å². The molecule has 0 aliphatic heterocycles. The standard InChI is InChI=1S/C43H56O4/c1-38(2)33-18-21-43(7)36(41(33,5)20-19-34(38)45)32(44)26-30-31-27-40(4,23-22-39(31,3)24-25-42(30,43)6)37(46)47-35(28-14-10-8-11-15-28)29-16-12-9-13-17-29/h8-17,26,31,33-36,45H,18-25,27H2,1-7H3/t31-,33+,34+,36-,39-,40+,41+,42-,43-/m1/s1. The average molecular weight is 637 g/mol. The lowest BCUT2D eigenvalue weighted by Gasteiger charge is -2.70. The van der Waals surface area contributed by atoms with Gasteiger partial charge in [-0.2, -0.15) is 0 Å². The molecule has 252 valence electrons. The first kappa shape index (κ1) is 32.8. The van der Waals surface area contributed by atoms with Gasteiger partial charge in [-0.25, -0.2) is 0 Å². The second-order valence-corrected chi connectivity index (χ2v) is 18.2. The van der Waals surface area contributed by atoms with Gasteiger partial charge < -0.3 is 9.84 Å². The summed E-state index contributed by atoms with van der Waals surface area (Å²) in [6.07, 6.45) is 9.72. The Hall–Kier alpha value is -2.72. The smallest absolute Gasteiger partial charge is 0.312 e. The zero-order chi connectivity index (χ0) is 33.6. The van der Waals surface area contributed by atoms with Gasteiger partial charge in [0.25, 0.3) is 0 Å². The Morgan fingerprint density at radius 2 is 1.38 bits per heavy atom. The molecule has 0 amide bonds. The molecular formula is C43H56O4. The van der Waals surface area contributed by atoms with E-state index in [0.717, 1.165) is 62.5 Å². The van der Waals surface area contributed by atoms with Gasteiger partial charge >= 0.3 is 5.97 Å². The van der Waals surface area contributed by atoms with Crippen LogP contribution in [0, 0.1) is 50.2 Å². The molecule has 2 aromatic rings. The number of carbonyl (C=O) groups is 2. The largest absolute Gasteiger partial charge is 0.452 e. The molecule has 4 fully saturated rings. The van der Waals surface area contributed by atoms with E-state index in [4.69, 9.17) is 4.74 Å². The van der Waals surface area contributed by atoms with Gasteiger partial charge in [-0.3, -0.25) is 9.59 Å². The van der Waals surface area contributed by atoms with E-state index in [1.807, 2.05) is 60.7 Å². The number of carbonyl (C=O) groups excluding carboxylic acids is 2. The second-order valence-electron chi connectivity index (χ2n) is 18.2. The van der Waals surface area contributed by atoms with E-state index >= 15 is 0 Å². The molecule has 1 N–H and O–H groups in total. The second kappa shape index (κ2) is 10.9. The quantitative estimate of drug-likeness (QED) is 0.340. The van der Waals surface area contributed by atoms with Gasteiger partial charge in [0.1, 0.15) is 0 Å². The maximum Gasteiger partial charge on any atom is 0.312 e. The lowest BCUT2D eigenvalue weighted by atomic mass is 9.33. The Morgan fingerprint density at radius 1 is 0.787 bits per heavy atom. The van der Waals surface area contributed by atoms with Gasteiger partial charge in [-0.15, -0.1) is 0 Å². The zero-order valence-corrected chi connectivity index (χ0v) is 29.8. The fourth-order valence-corrected chi connectivity index (χ4v) is 12.2. The molecule has 4 heteroatoms. The van der Waals surface area contributed by atoms with Crippen molar-refractivity contribution in [2.75, 3.05) is 0 Å². The fourth-order valence-electron chi connectivity index (χ4n) is 12.2. The summed E-state index contributed by atoms with van der Waals surface area (Å²) in [5.41, 5.74) is 2.09. The van der Waals surface area contributed by atoms with Crippen LogP contribution in [-0.2, 0) is 14.3 Å². The third-order valence-corrected chi connectivity index (χ3v) is 15.5. The first-order valence-corrected chi connectivity index (χ1v) is 18.3. The van der Waals surface area contributed by atoms with Gasteiger partial charge in [0.05, 0.1) is 11.5 Å². The fraction of sp³-hybridized carbons (Fsp3) is 0.628. The molecule has 0 heterocycles. The van der Waals surface area contributed by atoms with Crippen LogP contribution in [0.4, 0.5) is 0 Å². The van der Waals surface area contributed by atoms with Gasteiger partial charge in [0, 0.05) is 5.92 Å². The minimum atomic E-state index is -0.640. The number of esters is 1. The number of benzene rings is 2. The molecule has 0 bridgehead atoms. The third kappa shape index (κ3) is 4.70. The monoisotopic (exact) mass is 636 g/mol. The summed E-state index contributed by atoms with van der Waals surface area (Å²) in [5, 5.41) is 11.1. The minimum Gasteiger partial charge on any atom is -0.452 e. The summed E-state index contributed by atoms with van der Waals surface area (Å²) in [7, 11) is 0. The summed E-state index contributed by atoms with van der Waals surface area (Å²) >= 11 is 0. The van der Waals surface area contributed by atoms with Gasteiger partial charge in [-0.05, 0) is 121 Å². The highest BCUT2D eigenvalue weighted by Gasteiger charge is 2.70. The Labute approximate surface area is 282 Å². The Kier molecular flexibility index (Phi) is 7.60. The van der Waals surface area contributed by atoms with Gasteiger partial charge in [0.2, 0.25) is 0 Å². The van der Waals surface area contributed by atoms with E-state index in [2.05, 4.69) is 54.5 Å². The van der Waals surface area contributed by atoms with Crippen molar-refractivity contribution in [2.45, 2.75) is 118 Å². The number of aliphatic hydroxyl groups excluding tert-OH is 1. The molecule has 7 rings (SSSR count). The molecule has 0 radical (unpaired) electrons. The number of allylic oxidation sites excluding steroid dienone is 2. The molecule has 0 spiro atoms. The number of ketones is 1. The predicted molar refractivity (Wildman–Crippen MR) is 186 cm³/mol. The third-order valence-electron chi connectivity index (χ3n) is 15.5. The normalized spacial score (nSPS) is 42.3. The van der Waals surface area contributed by atoms with Crippen LogP contribution in [0.25, 0.3) is 0 Å². The predicted octanol–water partition coefficient (Wildman–Crippen LogP) is 9.66. The molecule has 4 nitrogen and oxygen atoms in total. The highest BCUT2D eigenvalue weighted by molar-refractivity contribution is 5.95. The summed E-state index contributed by atoms with van der Waals surface area (Å²) < 4.78 is 6.52. The number of hydrogen-bond acceptors (Lipinski definition) is 4. The summed E-state index contributed by atoms with van der Waals surface area (Å²) in [4.78, 5) is 29.1. The molecule has 4 saturated carbocycles. The molecule has 0 aromatic heterocycles. The van der Waals surface area contributed by atoms with Gasteiger partial charge in [-0.1, -0.05) is 108 Å². The highest BCUT2D eigenvalue weighted by atomic mass is 16.5. The lowest BCUT2D eigenvalue weighted by Crippen LogP contribution is -2.66. The van der Waals surface area contributed by atoms with E-state index in [1.165, 1.54) is 5.57 Å². The minimum absolute atomic E-state index is 0.0453. The van der Waals surface area contributed by atoms with Crippen molar-refractivity contribution in [1.29, 1.82) is 0 Å². The van der Waals surface area contributed by atoms with Crippen LogP contribution in [0.5, 0.6) is 0 Å². The van der Waals surface area contributed by atoms with E-state index in [-0.39, 0.29) is 51.0 Å². The van der Waals surface area contributed by atoms with Crippen molar-refractivity contribution in [2.24, 2.45) is 50.2 Å². The van der Waals surface area contributed by atoms with Crippen molar-refractivity contribution in [1.82, 2.24) is 0 Å². The van der Waals surface area contributed by atoms with Crippen LogP contribution in [0.3, 0.4) is 0 Å². The van der Waals surface area contributed by atoms with Crippen molar-refractivity contribution in [3.8, 4) is 0 Å².